The minimum Gasteiger partial charge on any atom is 2.00 e. The number of nitrogens with two attached hydrogens (primary N) is 6. The first kappa shape index (κ1) is 91.1. The first-order valence-corrected chi connectivity index (χ1v) is 44.8. The van der Waals surface area contributed by atoms with E-state index in [2.05, 4.69) is 50.5 Å². The van der Waals surface area contributed by atoms with Gasteiger partial charge in [0.1, 0.15) is 18.3 Å². The first-order valence-electron chi connectivity index (χ1n) is 31.4. The number of carbonyl (C=O) groups is 7. The molecular formula is C65H91Br2CoN14O17PRe. The summed E-state index contributed by atoms with van der Waals surface area (Å²) in [6, 6.07) is 2.68. The average Bonchev–Trinajstić information content (AvgIpc) is 1.53. The summed E-state index contributed by atoms with van der Waals surface area (Å²) in [4.78, 5) is 125. The number of primary amides is 6. The number of halogens is 2. The van der Waals surface area contributed by atoms with E-state index in [9.17, 15) is 53.2 Å². The number of imidazole rings is 1. The van der Waals surface area contributed by atoms with Gasteiger partial charge in [0.05, 0.1) is 41.3 Å². The van der Waals surface area contributed by atoms with E-state index in [-0.39, 0.29) is 113 Å². The van der Waals surface area contributed by atoms with Crippen LogP contribution < -0.4 is 39.7 Å². The van der Waals surface area contributed by atoms with E-state index in [4.69, 9.17) is 89.6 Å². The van der Waals surface area contributed by atoms with Gasteiger partial charge in [0.2, 0.25) is 41.4 Å². The summed E-state index contributed by atoms with van der Waals surface area (Å²) in [5.74, 6) is -7.34. The van der Waals surface area contributed by atoms with Gasteiger partial charge < -0.3 is 86.8 Å². The fourth-order valence-corrected chi connectivity index (χ4v) is 16.5. The van der Waals surface area contributed by atoms with E-state index in [1.54, 1.807) is 11.5 Å². The molecule has 2 saturated heterocycles. The summed E-state index contributed by atoms with van der Waals surface area (Å²) in [7, 11) is -5.07. The molecule has 8 rings (SSSR count). The molecule has 7 heterocycles. The van der Waals surface area contributed by atoms with Gasteiger partial charge in [-0.1, -0.05) is 40.7 Å². The zero-order valence-corrected chi connectivity index (χ0v) is 65.8. The maximum Gasteiger partial charge on any atom is 2.00 e. The van der Waals surface area contributed by atoms with Crippen molar-refractivity contribution < 1.29 is 113 Å². The summed E-state index contributed by atoms with van der Waals surface area (Å²) < 4.78 is 47.3. The number of fused-ring (bicyclic) bond motifs is 7. The van der Waals surface area contributed by atoms with Crippen LogP contribution in [0, 0.1) is 84.3 Å². The Morgan fingerprint density at radius 3 is 1.86 bits per heavy atom. The van der Waals surface area contributed by atoms with Crippen LogP contribution in [0.3, 0.4) is 0 Å². The molecule has 2 fully saturated rings. The van der Waals surface area contributed by atoms with Crippen LogP contribution in [0.1, 0.15) is 150 Å². The Morgan fingerprint density at radius 2 is 1.34 bits per heavy atom. The molecule has 101 heavy (non-hydrogen) atoms. The van der Waals surface area contributed by atoms with Crippen LogP contribution in [0.2, 0.25) is 0 Å². The molecule has 6 aliphatic heterocycles. The van der Waals surface area contributed by atoms with Crippen molar-refractivity contribution in [3.63, 3.8) is 0 Å². The fourth-order valence-electron chi connectivity index (χ4n) is 15.3. The maximum atomic E-state index is 14.4. The van der Waals surface area contributed by atoms with Crippen molar-refractivity contribution in [1.29, 1.82) is 5.26 Å². The van der Waals surface area contributed by atoms with E-state index >= 15 is 0 Å². The SMILES string of the molecule is C/C1=C2/[N-][C@H]([C@H](CC(N)=O)[C@@]2(C)CCC(=O)NC[C@H](C)OP(=O)(O)O[C@H]2[C@@H](O)[C@@H](n3cnc4cc(C)c(C)cc43)O[C@@H]2CO)[C@]2(C)N=C(/C(C)=C3N=C(/C=C4N=C1[C@@H](CCC(N)=O)C\4(C)C)[C@@H](CCC(N)=O)[C@]\3(C)CC(N)=O)[C@@H](CCC(N)=O)[C@]2(C)CC(N)=O.O.[Br][Re][Br].[C-]#N.[C-]#[O+].[C-]#[O+].[Co+2]. The number of phosphoric ester groups is 1. The monoisotopic (exact) mass is 1770 g/mol. The number of rotatable bonds is 26. The van der Waals surface area contributed by atoms with Gasteiger partial charge in [-0.2, -0.15) is 5.70 Å². The van der Waals surface area contributed by atoms with E-state index in [1.807, 2.05) is 80.5 Å². The third kappa shape index (κ3) is 19.7. The molecule has 0 spiro atoms. The molecule has 31 nitrogen and oxygen atoms in total. The second-order valence-corrected chi connectivity index (χ2v) is 40.3. The summed E-state index contributed by atoms with van der Waals surface area (Å²) in [5.41, 5.74) is 36.8. The van der Waals surface area contributed by atoms with Crippen LogP contribution in [0.4, 0.5) is 0 Å². The number of aliphatic imine (C=N–C) groups is 3. The number of hydrogen-bond donors (Lipinski definition) is 10. The number of aromatic nitrogens is 2. The molecule has 15 atom stereocenters. The number of amides is 7. The number of carbonyl (C=O) groups excluding carboxylic acids is 7. The van der Waals surface area contributed by atoms with Gasteiger partial charge >= 0.3 is 88.0 Å². The number of nitrogens with zero attached hydrogens (tertiary/aromatic N) is 7. The number of ether oxygens (including phenoxy) is 1. The van der Waals surface area contributed by atoms with Crippen LogP contribution in [-0.4, -0.2) is 138 Å². The average molecular weight is 1780 g/mol. The van der Waals surface area contributed by atoms with Crippen molar-refractivity contribution in [3.8, 4) is 0 Å². The molecule has 1 unspecified atom stereocenters. The molecule has 1 aromatic carbocycles. The van der Waals surface area contributed by atoms with Crippen molar-refractivity contribution >= 4 is 104 Å². The Kier molecular flexibility index (Phi) is 34.0. The number of aliphatic hydroxyl groups is 2. The predicted molar refractivity (Wildman–Crippen MR) is 368 cm³/mol. The zero-order chi connectivity index (χ0) is 75.4. The van der Waals surface area contributed by atoms with Crippen LogP contribution in [0.25, 0.3) is 16.4 Å². The topological polar surface area (TPSA) is 557 Å². The molecule has 6 aliphatic rings. The molecule has 1 radical (unpaired) electrons. The van der Waals surface area contributed by atoms with Crippen molar-refractivity contribution in [1.82, 2.24) is 14.9 Å². The van der Waals surface area contributed by atoms with Crippen LogP contribution in [0.15, 0.2) is 67.8 Å². The van der Waals surface area contributed by atoms with Crippen molar-refractivity contribution in [2.24, 2.45) is 94.7 Å². The van der Waals surface area contributed by atoms with Gasteiger partial charge in [0.25, 0.3) is 0 Å². The van der Waals surface area contributed by atoms with Crippen molar-refractivity contribution in [2.75, 3.05) is 13.2 Å². The summed E-state index contributed by atoms with van der Waals surface area (Å²) >= 11 is 6.39. The second kappa shape index (κ2) is 37.7. The van der Waals surface area contributed by atoms with Crippen LogP contribution in [-0.2, 0) is 91.9 Å². The number of nitrogens with one attached hydrogen (secondary N) is 1. The van der Waals surface area contributed by atoms with Gasteiger partial charge in [-0.05, 0) is 119 Å². The van der Waals surface area contributed by atoms with Gasteiger partial charge in [-0.15, -0.1) is 0 Å². The Balaban J connectivity index is 0.00000302. The molecule has 558 valence electrons. The van der Waals surface area contributed by atoms with Crippen molar-refractivity contribution in [2.45, 2.75) is 189 Å². The summed E-state index contributed by atoms with van der Waals surface area (Å²) in [5, 5.41) is 36.5. The molecular weight excluding hydrogens is 1680 g/mol. The maximum absolute atomic E-state index is 14.4. The molecule has 18 N–H and O–H groups in total. The smallest absolute Gasteiger partial charge is 2.00 e. The second-order valence-electron chi connectivity index (χ2n) is 27.1. The van der Waals surface area contributed by atoms with E-state index in [0.717, 1.165) is 11.1 Å². The van der Waals surface area contributed by atoms with Gasteiger partial charge in [0, 0.05) is 108 Å². The van der Waals surface area contributed by atoms with Gasteiger partial charge in [-0.25, -0.2) is 9.55 Å². The van der Waals surface area contributed by atoms with E-state index in [0.29, 0.717) is 56.4 Å². The Morgan fingerprint density at radius 1 is 0.802 bits per heavy atom. The standard InChI is InChI=1S/C62H90N13O14P.CN.2CO.2BrH.Co.H2O.Re/c1-29-20-39-40(21-30(29)2)75(28-70-39)57-52(84)53(41(27-76)87-57)89-90(85,86)88-31(3)26-69-49(83)18-19-59(8)37(22-46(66)80)56-62(11)61(10,25-48(68)82)36(14-17-45(65)79)51(74-62)33(5)55-60(9,24-47(67)81)34(12-15-43(63)77)38(71-55)23-42-58(6,7)35(13-16-44(64)78)50(72-42)32(4)54(59)73-56;3*1-2;;;;;/h20-21,23,28,31,34-37,41,52-53,56-57,76,84H,12-19,22,24-27H2,1-11H3,(H15,63,64,65,66,67,68,69,71,72,73,74,77,78,79,80,81,82,83,85,86);;;;2*1H;;1H2;/q;-1;;;;;+2;;+2/p-3/t31-,34+,35+,36+,37-,41+,52+,53+,56+,57-,59+,60-,61-,62-;;;;;;;;/m0......../s1. The van der Waals surface area contributed by atoms with Gasteiger partial charge in [-0.3, -0.25) is 57.6 Å². The number of aryl methyl sites for hydroxylation is 2. The first-order chi connectivity index (χ1) is 46.2. The quantitative estimate of drug-likeness (QED) is 0.0342. The third-order valence-corrected chi connectivity index (χ3v) is 21.6. The fraction of sp³-hybridized carbons (Fsp3) is 0.600. The molecule has 8 bridgehead atoms. The number of allylic oxidation sites excluding steroid dienone is 6. The Labute approximate surface area is 618 Å². The van der Waals surface area contributed by atoms with E-state index < -0.39 is 143 Å². The Bertz CT molecular complexity index is 3740. The van der Waals surface area contributed by atoms with Gasteiger partial charge in [0.15, 0.2) is 6.23 Å². The minimum atomic E-state index is -5.07. The Hall–Kier alpha value is -5.94. The van der Waals surface area contributed by atoms with Crippen LogP contribution in [0.5, 0.6) is 0 Å². The molecule has 0 saturated carbocycles. The number of hydrogen-bond acceptors (Lipinski definition) is 18. The number of aliphatic hydroxyl groups excluding tert-OH is 2. The molecule has 0 aliphatic carbocycles. The molecule has 7 amide bonds. The van der Waals surface area contributed by atoms with E-state index in [1.165, 1.54) is 13.3 Å². The van der Waals surface area contributed by atoms with Crippen molar-refractivity contribution in [3.05, 3.63) is 89.1 Å². The minimum absolute atomic E-state index is 0. The third-order valence-electron chi connectivity index (χ3n) is 20.5. The largest absolute Gasteiger partial charge is 2.00 e. The number of phosphoric acid groups is 1. The number of benzene rings is 1. The summed E-state index contributed by atoms with van der Waals surface area (Å²) in [6.45, 7) is 32.9. The normalized spacial score (nSPS) is 30.7. The molecule has 2 aromatic rings. The molecule has 36 heteroatoms. The predicted octanol–water partition coefficient (Wildman–Crippen LogP) is 4.83. The molecule has 1 aromatic heterocycles. The summed E-state index contributed by atoms with van der Waals surface area (Å²) in [6.07, 6.45) is -4.47. The zero-order valence-electron chi connectivity index (χ0n) is 57.9. The van der Waals surface area contributed by atoms with Crippen LogP contribution >= 0.6 is 34.7 Å².